The smallest absolute Gasteiger partial charge is 0.325 e. The van der Waals surface area contributed by atoms with E-state index in [1.54, 1.807) is 0 Å². The standard InChI is InChI=1S/C15H18N2O7/c1-16(9-15(20)23-2)14(19)7-4-8-24-13-6-3-5-12(17(21)22)11(13)10-18/h3,5-6,10H,4,7-9H2,1-2H3. The van der Waals surface area contributed by atoms with Crippen molar-refractivity contribution >= 4 is 23.9 Å². The predicted octanol–water partition coefficient (Wildman–Crippen LogP) is 1.20. The molecule has 24 heavy (non-hydrogen) atoms. The van der Waals surface area contributed by atoms with Crippen LogP contribution in [0.4, 0.5) is 5.69 Å². The molecule has 0 N–H and O–H groups in total. The van der Waals surface area contributed by atoms with Gasteiger partial charge in [-0.25, -0.2) is 0 Å². The Balaban J connectivity index is 2.52. The average Bonchev–Trinajstić information content (AvgIpc) is 2.57. The van der Waals surface area contributed by atoms with Gasteiger partial charge in [0.15, 0.2) is 6.29 Å². The summed E-state index contributed by atoms with van der Waals surface area (Å²) in [5.41, 5.74) is -0.479. The van der Waals surface area contributed by atoms with Crippen molar-refractivity contribution in [2.75, 3.05) is 27.3 Å². The third kappa shape index (κ3) is 5.34. The third-order valence-electron chi connectivity index (χ3n) is 3.17. The summed E-state index contributed by atoms with van der Waals surface area (Å²) in [4.78, 5) is 45.3. The van der Waals surface area contributed by atoms with E-state index in [1.807, 2.05) is 0 Å². The van der Waals surface area contributed by atoms with Gasteiger partial charge in [-0.3, -0.25) is 24.5 Å². The number of carbonyl (C=O) groups excluding carboxylic acids is 3. The van der Waals surface area contributed by atoms with Crippen molar-refractivity contribution in [2.24, 2.45) is 0 Å². The number of rotatable bonds is 9. The molecule has 130 valence electrons. The number of esters is 1. The fourth-order valence-corrected chi connectivity index (χ4v) is 1.88. The molecule has 0 saturated heterocycles. The average molecular weight is 338 g/mol. The first-order chi connectivity index (χ1) is 11.4. The van der Waals surface area contributed by atoms with Crippen molar-refractivity contribution in [2.45, 2.75) is 12.8 Å². The normalized spacial score (nSPS) is 9.92. The molecule has 0 aliphatic heterocycles. The lowest BCUT2D eigenvalue weighted by atomic mass is 10.2. The minimum absolute atomic E-state index is 0.0922. The van der Waals surface area contributed by atoms with Crippen molar-refractivity contribution in [3.8, 4) is 5.75 Å². The molecule has 0 aliphatic rings. The molecule has 9 heteroatoms. The van der Waals surface area contributed by atoms with Crippen molar-refractivity contribution in [3.63, 3.8) is 0 Å². The first kappa shape index (κ1) is 19.1. The molecule has 0 unspecified atom stereocenters. The lowest BCUT2D eigenvalue weighted by Crippen LogP contribution is -2.32. The fraction of sp³-hybridized carbons (Fsp3) is 0.400. The third-order valence-corrected chi connectivity index (χ3v) is 3.17. The van der Waals surface area contributed by atoms with E-state index in [0.29, 0.717) is 12.7 Å². The number of benzene rings is 1. The Bertz CT molecular complexity index is 630. The highest BCUT2D eigenvalue weighted by atomic mass is 16.6. The molecule has 1 amide bonds. The highest BCUT2D eigenvalue weighted by molar-refractivity contribution is 5.85. The number of nitro benzene ring substituents is 1. The highest BCUT2D eigenvalue weighted by Crippen LogP contribution is 2.26. The number of ether oxygens (including phenoxy) is 2. The largest absolute Gasteiger partial charge is 0.493 e. The van der Waals surface area contributed by atoms with Gasteiger partial charge in [-0.15, -0.1) is 0 Å². The van der Waals surface area contributed by atoms with E-state index in [-0.39, 0.29) is 42.5 Å². The maximum atomic E-state index is 11.8. The van der Waals surface area contributed by atoms with Gasteiger partial charge in [-0.1, -0.05) is 6.07 Å². The van der Waals surface area contributed by atoms with Gasteiger partial charge >= 0.3 is 5.97 Å². The Hall–Kier alpha value is -2.97. The van der Waals surface area contributed by atoms with E-state index in [0.717, 1.165) is 0 Å². The summed E-state index contributed by atoms with van der Waals surface area (Å²) in [6.45, 7) is -0.0455. The molecule has 0 atom stereocenters. The molecule has 0 fully saturated rings. The van der Waals surface area contributed by atoms with Gasteiger partial charge in [0.25, 0.3) is 5.69 Å². The second-order valence-corrected chi connectivity index (χ2v) is 4.84. The molecule has 0 bridgehead atoms. The van der Waals surface area contributed by atoms with Crippen LogP contribution in [0.15, 0.2) is 18.2 Å². The predicted molar refractivity (Wildman–Crippen MR) is 82.9 cm³/mol. The van der Waals surface area contributed by atoms with Gasteiger partial charge in [0.1, 0.15) is 17.9 Å². The molecule has 0 aromatic heterocycles. The van der Waals surface area contributed by atoms with E-state index in [1.165, 1.54) is 37.3 Å². The molecular weight excluding hydrogens is 320 g/mol. The first-order valence-corrected chi connectivity index (χ1v) is 7.06. The molecule has 1 rings (SSSR count). The number of likely N-dealkylation sites (N-methyl/N-ethyl adjacent to an activating group) is 1. The van der Waals surface area contributed by atoms with Gasteiger partial charge < -0.3 is 14.4 Å². The zero-order valence-electron chi connectivity index (χ0n) is 13.4. The Kier molecular flexibility index (Phi) is 7.34. The number of nitrogens with zero attached hydrogens (tertiary/aromatic N) is 2. The maximum absolute atomic E-state index is 11.8. The summed E-state index contributed by atoms with van der Waals surface area (Å²) >= 11 is 0. The van der Waals surface area contributed by atoms with Crippen LogP contribution < -0.4 is 4.74 Å². The zero-order valence-corrected chi connectivity index (χ0v) is 13.4. The molecule has 9 nitrogen and oxygen atoms in total. The zero-order chi connectivity index (χ0) is 18.1. The molecule has 1 aromatic rings. The van der Waals surface area contributed by atoms with E-state index in [2.05, 4.69) is 4.74 Å². The number of nitro groups is 1. The monoisotopic (exact) mass is 338 g/mol. The number of hydrogen-bond donors (Lipinski definition) is 0. The Morgan fingerprint density at radius 1 is 1.38 bits per heavy atom. The van der Waals surface area contributed by atoms with Crippen molar-refractivity contribution < 1.29 is 28.8 Å². The van der Waals surface area contributed by atoms with Crippen molar-refractivity contribution in [3.05, 3.63) is 33.9 Å². The maximum Gasteiger partial charge on any atom is 0.325 e. The van der Waals surface area contributed by atoms with Crippen LogP contribution in [0.25, 0.3) is 0 Å². The molecule has 0 aliphatic carbocycles. The number of aldehydes is 1. The summed E-state index contributed by atoms with van der Waals surface area (Å²) in [6, 6.07) is 4.07. The molecular formula is C15H18N2O7. The van der Waals surface area contributed by atoms with Crippen LogP contribution in [0.5, 0.6) is 5.75 Å². The van der Waals surface area contributed by atoms with E-state index < -0.39 is 10.9 Å². The number of hydrogen-bond acceptors (Lipinski definition) is 7. The Labute approximate surface area is 138 Å². The Morgan fingerprint density at radius 3 is 2.67 bits per heavy atom. The number of carbonyl (C=O) groups is 3. The minimum Gasteiger partial charge on any atom is -0.493 e. The lowest BCUT2D eigenvalue weighted by molar-refractivity contribution is -0.385. The quantitative estimate of drug-likeness (QED) is 0.218. The van der Waals surface area contributed by atoms with Gasteiger partial charge in [0.05, 0.1) is 18.6 Å². The van der Waals surface area contributed by atoms with Crippen LogP contribution in [0.2, 0.25) is 0 Å². The van der Waals surface area contributed by atoms with E-state index in [4.69, 9.17) is 4.74 Å². The van der Waals surface area contributed by atoms with Crippen molar-refractivity contribution in [1.29, 1.82) is 0 Å². The van der Waals surface area contributed by atoms with Crippen LogP contribution in [0, 0.1) is 10.1 Å². The molecule has 0 radical (unpaired) electrons. The number of amides is 1. The molecule has 0 spiro atoms. The van der Waals surface area contributed by atoms with Gasteiger partial charge in [-0.2, -0.15) is 0 Å². The molecule has 0 saturated carbocycles. The molecule has 1 aromatic carbocycles. The SMILES string of the molecule is COC(=O)CN(C)C(=O)CCCOc1cccc([N+](=O)[O-])c1C=O. The van der Waals surface area contributed by atoms with Crippen molar-refractivity contribution in [1.82, 2.24) is 4.90 Å². The summed E-state index contributed by atoms with van der Waals surface area (Å²) < 4.78 is 9.82. The van der Waals surface area contributed by atoms with Gasteiger partial charge in [-0.05, 0) is 12.5 Å². The van der Waals surface area contributed by atoms with Crippen LogP contribution >= 0.6 is 0 Å². The summed E-state index contributed by atoms with van der Waals surface area (Å²) in [6.07, 6.45) is 0.812. The summed E-state index contributed by atoms with van der Waals surface area (Å²) in [7, 11) is 2.71. The van der Waals surface area contributed by atoms with Crippen LogP contribution in [-0.2, 0) is 14.3 Å². The van der Waals surface area contributed by atoms with Crippen LogP contribution in [0.3, 0.4) is 0 Å². The second kappa shape index (κ2) is 9.23. The topological polar surface area (TPSA) is 116 Å². The van der Waals surface area contributed by atoms with Gasteiger partial charge in [0, 0.05) is 19.5 Å². The van der Waals surface area contributed by atoms with E-state index in [9.17, 15) is 24.5 Å². The Morgan fingerprint density at radius 2 is 2.08 bits per heavy atom. The molecule has 0 heterocycles. The highest BCUT2D eigenvalue weighted by Gasteiger charge is 2.18. The summed E-state index contributed by atoms with van der Waals surface area (Å²) in [5, 5.41) is 10.8. The second-order valence-electron chi connectivity index (χ2n) is 4.84. The first-order valence-electron chi connectivity index (χ1n) is 7.06. The number of methoxy groups -OCH3 is 1. The summed E-state index contributed by atoms with van der Waals surface area (Å²) in [5.74, 6) is -0.692. The fourth-order valence-electron chi connectivity index (χ4n) is 1.88. The van der Waals surface area contributed by atoms with Gasteiger partial charge in [0.2, 0.25) is 5.91 Å². The van der Waals surface area contributed by atoms with E-state index >= 15 is 0 Å². The minimum atomic E-state index is -0.665. The van der Waals surface area contributed by atoms with Crippen LogP contribution in [0.1, 0.15) is 23.2 Å². The van der Waals surface area contributed by atoms with Crippen LogP contribution in [-0.4, -0.2) is 55.3 Å². The lowest BCUT2D eigenvalue weighted by Gasteiger charge is -2.15.